The molecule has 1 unspecified atom stereocenters. The molecule has 4 rings (SSSR count). The summed E-state index contributed by atoms with van der Waals surface area (Å²) in [7, 11) is 0. The second-order valence-electron chi connectivity index (χ2n) is 6.52. The van der Waals surface area contributed by atoms with Crippen LogP contribution in [-0.4, -0.2) is 40.4 Å². The number of carbonyl (C=O) groups excluding carboxylic acids is 1. The molecular formula is C21H19ClN4O2. The van der Waals surface area contributed by atoms with Crippen LogP contribution in [0.15, 0.2) is 69.6 Å². The van der Waals surface area contributed by atoms with E-state index in [1.165, 1.54) is 0 Å². The van der Waals surface area contributed by atoms with Gasteiger partial charge in [-0.3, -0.25) is 4.79 Å². The Bertz CT molecular complexity index is 968. The van der Waals surface area contributed by atoms with Gasteiger partial charge in [0.15, 0.2) is 11.9 Å². The Kier molecular flexibility index (Phi) is 5.21. The number of hydrogen-bond acceptors (Lipinski definition) is 5. The number of amidine groups is 3. The first kappa shape index (κ1) is 18.4. The monoisotopic (exact) mass is 394 g/mol. The van der Waals surface area contributed by atoms with Crippen molar-refractivity contribution in [3.63, 3.8) is 0 Å². The molecule has 142 valence electrons. The van der Waals surface area contributed by atoms with Gasteiger partial charge in [0.25, 0.3) is 5.91 Å². The van der Waals surface area contributed by atoms with Crippen LogP contribution < -0.4 is 4.74 Å². The molecule has 1 amide bonds. The van der Waals surface area contributed by atoms with Crippen molar-refractivity contribution < 1.29 is 9.53 Å². The van der Waals surface area contributed by atoms with Gasteiger partial charge in [-0.1, -0.05) is 37.3 Å². The van der Waals surface area contributed by atoms with Crippen molar-refractivity contribution in [2.75, 3.05) is 6.54 Å². The molecule has 6 nitrogen and oxygen atoms in total. The molecule has 0 radical (unpaired) electrons. The van der Waals surface area contributed by atoms with Crippen LogP contribution in [0.5, 0.6) is 5.75 Å². The predicted molar refractivity (Wildman–Crippen MR) is 110 cm³/mol. The average Bonchev–Trinajstić information content (AvgIpc) is 3.06. The minimum atomic E-state index is -0.591. The maximum Gasteiger partial charge on any atom is 0.279 e. The quantitative estimate of drug-likeness (QED) is 0.702. The van der Waals surface area contributed by atoms with Gasteiger partial charge in [-0.15, -0.1) is 0 Å². The van der Waals surface area contributed by atoms with Crippen molar-refractivity contribution in [3.8, 4) is 5.75 Å². The first-order valence-electron chi connectivity index (χ1n) is 9.15. The minimum absolute atomic E-state index is 0.0673. The lowest BCUT2D eigenvalue weighted by Crippen LogP contribution is -2.45. The molecule has 0 fully saturated rings. The third-order valence-corrected chi connectivity index (χ3v) is 4.69. The Hall–Kier alpha value is -2.99. The summed E-state index contributed by atoms with van der Waals surface area (Å²) >= 11 is 5.84. The largest absolute Gasteiger partial charge is 0.489 e. The number of aliphatic imine (C=N–C) groups is 3. The molecule has 1 atom stereocenters. The van der Waals surface area contributed by atoms with Gasteiger partial charge in [-0.05, 0) is 47.9 Å². The highest BCUT2D eigenvalue weighted by Crippen LogP contribution is 2.24. The number of carbonyl (C=O) groups is 1. The summed E-state index contributed by atoms with van der Waals surface area (Å²) in [6, 6.07) is 17.1. The number of nitrogens with zero attached hydrogens (tertiary/aromatic N) is 4. The number of amides is 1. The Labute approximate surface area is 168 Å². The number of benzene rings is 2. The van der Waals surface area contributed by atoms with E-state index >= 15 is 0 Å². The van der Waals surface area contributed by atoms with Crippen molar-refractivity contribution in [1.82, 2.24) is 4.90 Å². The summed E-state index contributed by atoms with van der Waals surface area (Å²) in [5, 5.41) is -0.0673. The van der Waals surface area contributed by atoms with E-state index < -0.39 is 6.04 Å². The van der Waals surface area contributed by atoms with Gasteiger partial charge >= 0.3 is 0 Å². The van der Waals surface area contributed by atoms with Gasteiger partial charge in [-0.2, -0.15) is 9.98 Å². The molecule has 0 bridgehead atoms. The lowest BCUT2D eigenvalue weighted by molar-refractivity contribution is -0.119. The summed E-state index contributed by atoms with van der Waals surface area (Å²) in [5.74, 6) is 1.54. The minimum Gasteiger partial charge on any atom is -0.489 e. The van der Waals surface area contributed by atoms with Crippen LogP contribution in [0.3, 0.4) is 0 Å². The highest BCUT2D eigenvalue weighted by atomic mass is 35.5. The lowest BCUT2D eigenvalue weighted by Gasteiger charge is -2.26. The summed E-state index contributed by atoms with van der Waals surface area (Å²) in [6.07, 6.45) is 0.867. The van der Waals surface area contributed by atoms with Crippen molar-refractivity contribution in [3.05, 3.63) is 65.7 Å². The Balaban J connectivity index is 1.54. The number of halogens is 1. The van der Waals surface area contributed by atoms with Crippen molar-refractivity contribution in [2.24, 2.45) is 15.0 Å². The van der Waals surface area contributed by atoms with Gasteiger partial charge in [0.2, 0.25) is 5.29 Å². The van der Waals surface area contributed by atoms with E-state index in [0.29, 0.717) is 24.8 Å². The maximum absolute atomic E-state index is 12.3. The molecule has 0 aromatic heterocycles. The van der Waals surface area contributed by atoms with Crippen molar-refractivity contribution >= 4 is 34.5 Å². The van der Waals surface area contributed by atoms with Gasteiger partial charge in [0, 0.05) is 12.1 Å². The van der Waals surface area contributed by atoms with Gasteiger partial charge in [0.05, 0.1) is 0 Å². The first-order chi connectivity index (χ1) is 13.7. The normalized spacial score (nSPS) is 18.4. The number of rotatable bonds is 6. The Morgan fingerprint density at radius 3 is 2.50 bits per heavy atom. The fourth-order valence-electron chi connectivity index (χ4n) is 3.24. The fourth-order valence-corrected chi connectivity index (χ4v) is 3.41. The summed E-state index contributed by atoms with van der Waals surface area (Å²) in [4.78, 5) is 26.8. The molecule has 2 aliphatic rings. The number of fused-ring (bicyclic) bond motifs is 1. The molecule has 0 saturated carbocycles. The number of ether oxygens (including phenoxy) is 1. The van der Waals surface area contributed by atoms with Crippen LogP contribution in [-0.2, 0) is 11.4 Å². The molecule has 2 aromatic rings. The zero-order valence-corrected chi connectivity index (χ0v) is 16.1. The molecule has 0 spiro atoms. The molecule has 28 heavy (non-hydrogen) atoms. The molecule has 0 aliphatic carbocycles. The molecule has 7 heteroatoms. The van der Waals surface area contributed by atoms with E-state index in [1.807, 2.05) is 59.5 Å². The fraction of sp³-hybridized carbons (Fsp3) is 0.238. The van der Waals surface area contributed by atoms with Crippen molar-refractivity contribution in [1.29, 1.82) is 0 Å². The summed E-state index contributed by atoms with van der Waals surface area (Å²) < 4.78 is 5.84. The molecule has 2 heterocycles. The van der Waals surface area contributed by atoms with Crippen LogP contribution in [0.4, 0.5) is 0 Å². The SMILES string of the molecule is CCCN1C(c2ccc(OCc3ccccc3)cc2)=NC2=NC(Cl)=NC(=O)C21. The van der Waals surface area contributed by atoms with E-state index in [4.69, 9.17) is 16.3 Å². The van der Waals surface area contributed by atoms with Gasteiger partial charge in [0.1, 0.15) is 18.2 Å². The summed E-state index contributed by atoms with van der Waals surface area (Å²) in [6.45, 7) is 3.23. The lowest BCUT2D eigenvalue weighted by atomic mass is 10.1. The standard InChI is InChI=1S/C21H19ClN4O2/c1-2-12-26-17-18(24-21(22)25-20(17)27)23-19(26)15-8-10-16(11-9-15)28-13-14-6-4-3-5-7-14/h3-11,17H,2,12-13H2,1H3. The Morgan fingerprint density at radius 2 is 1.79 bits per heavy atom. The van der Waals surface area contributed by atoms with Crippen molar-refractivity contribution in [2.45, 2.75) is 26.0 Å². The molecule has 2 aromatic carbocycles. The van der Waals surface area contributed by atoms with E-state index in [2.05, 4.69) is 21.9 Å². The van der Waals surface area contributed by atoms with Gasteiger partial charge in [-0.25, -0.2) is 4.99 Å². The highest BCUT2D eigenvalue weighted by Gasteiger charge is 2.41. The highest BCUT2D eigenvalue weighted by molar-refractivity contribution is 6.67. The third kappa shape index (κ3) is 3.68. The zero-order valence-electron chi connectivity index (χ0n) is 15.4. The third-order valence-electron chi connectivity index (χ3n) is 4.52. The van der Waals surface area contributed by atoms with Crippen LogP contribution in [0.1, 0.15) is 24.5 Å². The average molecular weight is 395 g/mol. The Morgan fingerprint density at radius 1 is 1.04 bits per heavy atom. The second-order valence-corrected chi connectivity index (χ2v) is 6.86. The van der Waals surface area contributed by atoms with Crippen LogP contribution in [0.2, 0.25) is 0 Å². The maximum atomic E-state index is 12.3. The predicted octanol–water partition coefficient (Wildman–Crippen LogP) is 3.64. The van der Waals surface area contributed by atoms with Crippen LogP contribution in [0.25, 0.3) is 0 Å². The second kappa shape index (κ2) is 7.94. The summed E-state index contributed by atoms with van der Waals surface area (Å²) in [5.41, 5.74) is 2.00. The molecular weight excluding hydrogens is 376 g/mol. The molecule has 2 aliphatic heterocycles. The van der Waals surface area contributed by atoms with Gasteiger partial charge < -0.3 is 9.64 Å². The van der Waals surface area contributed by atoms with E-state index in [0.717, 1.165) is 23.3 Å². The van der Waals surface area contributed by atoms with E-state index in [1.54, 1.807) is 0 Å². The molecule has 0 N–H and O–H groups in total. The molecule has 0 saturated heterocycles. The first-order valence-corrected chi connectivity index (χ1v) is 9.52. The van der Waals surface area contributed by atoms with E-state index in [9.17, 15) is 4.79 Å². The smallest absolute Gasteiger partial charge is 0.279 e. The number of hydrogen-bond donors (Lipinski definition) is 0. The zero-order chi connectivity index (χ0) is 19.5. The topological polar surface area (TPSA) is 66.6 Å². The van der Waals surface area contributed by atoms with Crippen LogP contribution in [0, 0.1) is 0 Å². The van der Waals surface area contributed by atoms with Crippen LogP contribution >= 0.6 is 11.6 Å². The van der Waals surface area contributed by atoms with E-state index in [-0.39, 0.29) is 11.2 Å².